The number of nitrogens with one attached hydrogen (secondary N) is 10. The Morgan fingerprint density at radius 3 is 0.712 bits per heavy atom. The zero-order valence-electron chi connectivity index (χ0n) is 73.5. The smallest absolute Gasteiger partial charge is 0.407 e. The lowest BCUT2D eigenvalue weighted by atomic mass is 9.90. The first kappa shape index (κ1) is 98.9. The number of nitrogens with zero attached hydrogens (tertiary/aromatic N) is 2. The molecule has 32 heteroatoms. The van der Waals surface area contributed by atoms with E-state index in [0.29, 0.717) is 181 Å². The molecule has 3 aromatic carbocycles. The first-order chi connectivity index (χ1) is 55.7. The molecule has 0 bridgehead atoms. The van der Waals surface area contributed by atoms with E-state index in [9.17, 15) is 47.9 Å². The lowest BCUT2D eigenvalue weighted by molar-refractivity contribution is 0.0515. The van der Waals surface area contributed by atoms with Gasteiger partial charge in [-0.3, -0.25) is 28.8 Å². The van der Waals surface area contributed by atoms with Crippen LogP contribution in [0.25, 0.3) is 0 Å². The van der Waals surface area contributed by atoms with E-state index in [-0.39, 0.29) is 118 Å². The molecular weight excluding hydrogens is 1520 g/mol. The molecule has 662 valence electrons. The number of methoxy groups -OCH3 is 2. The summed E-state index contributed by atoms with van der Waals surface area (Å²) in [7, 11) is 10.4. The molecule has 2 aliphatic rings. The van der Waals surface area contributed by atoms with E-state index in [1.54, 1.807) is 95.2 Å². The molecular formula is C86H138N12O20. The maximum atomic E-state index is 14.6. The van der Waals surface area contributed by atoms with Crippen LogP contribution in [0.1, 0.15) is 274 Å². The van der Waals surface area contributed by atoms with E-state index >= 15 is 0 Å². The van der Waals surface area contributed by atoms with Gasteiger partial charge in [-0.25, -0.2) is 19.2 Å². The summed E-state index contributed by atoms with van der Waals surface area (Å²) >= 11 is 0. The van der Waals surface area contributed by atoms with Crippen molar-refractivity contribution in [2.45, 2.75) is 258 Å². The lowest BCUT2D eigenvalue weighted by Crippen LogP contribution is -2.44. The monoisotopic (exact) mass is 1660 g/mol. The molecule has 0 saturated heterocycles. The average molecular weight is 1660 g/mol. The minimum absolute atomic E-state index is 0.105. The van der Waals surface area contributed by atoms with Crippen LogP contribution in [0.2, 0.25) is 0 Å². The number of carbonyl (C=O) groups is 10. The van der Waals surface area contributed by atoms with Gasteiger partial charge in [-0.15, -0.1) is 0 Å². The third-order valence-corrected chi connectivity index (χ3v) is 18.6. The predicted octanol–water partition coefficient (Wildman–Crippen LogP) is 11.5. The number of likely N-dealkylation sites (N-methyl/N-ethyl adjacent to an activating group) is 2. The summed E-state index contributed by atoms with van der Waals surface area (Å²) in [6.07, 6.45) is 9.50. The summed E-state index contributed by atoms with van der Waals surface area (Å²) in [5, 5.41) is 29.6. The van der Waals surface area contributed by atoms with Crippen LogP contribution in [0, 0.1) is 0 Å². The number of benzene rings is 3. The van der Waals surface area contributed by atoms with Crippen LogP contribution >= 0.6 is 0 Å². The Morgan fingerprint density at radius 1 is 0.288 bits per heavy atom. The van der Waals surface area contributed by atoms with Crippen LogP contribution in [0.3, 0.4) is 0 Å². The summed E-state index contributed by atoms with van der Waals surface area (Å²) in [6.45, 7) is 25.8. The molecule has 32 nitrogen and oxygen atoms in total. The fraction of sp³-hybridized carbons (Fsp3) is 0.674. The molecule has 10 amide bonds. The van der Waals surface area contributed by atoms with Crippen LogP contribution in [0.4, 0.5) is 19.2 Å². The second kappa shape index (κ2) is 49.6. The number of alkyl carbamates (subject to hydrolysis) is 4. The Bertz CT molecular complexity index is 3480. The predicted molar refractivity (Wildman–Crippen MR) is 450 cm³/mol. The van der Waals surface area contributed by atoms with E-state index in [4.69, 9.17) is 47.4 Å². The topological polar surface area (TPSA) is 390 Å². The maximum absolute atomic E-state index is 14.6. The van der Waals surface area contributed by atoms with Gasteiger partial charge in [-0.2, -0.15) is 0 Å². The molecule has 5 rings (SSSR count). The highest BCUT2D eigenvalue weighted by Gasteiger charge is 2.33. The average Bonchev–Trinajstić information content (AvgIpc) is 0.808. The molecule has 0 heterocycles. The SMILES string of the molecule is COc1cc(OC)c(C(=O)NC2CCC(NC(=O)c3cc(C(=O)NCCN(C)C)c(OCCCCCNC(=O)OC(C)(C)C)cc3OCCCCCNC(=O)OC(C)(C)C)CC2)cc1C(=O)NC1CCC(NC(=O)c2cc(C(=O)NCCN(C)C)c(OCCCCCNC(=O)OC(C)(C)C)cc2OCCCCCNC(=O)OC(C)(C)C)CC1. The first-order valence-corrected chi connectivity index (χ1v) is 41.8. The van der Waals surface area contributed by atoms with Crippen molar-refractivity contribution in [3.05, 3.63) is 69.8 Å². The van der Waals surface area contributed by atoms with E-state index in [0.717, 1.165) is 0 Å². The Morgan fingerprint density at radius 2 is 0.500 bits per heavy atom. The molecule has 2 aliphatic carbocycles. The number of hydrogen-bond acceptors (Lipinski definition) is 22. The minimum atomic E-state index is -0.634. The number of carbonyl (C=O) groups excluding carboxylic acids is 10. The van der Waals surface area contributed by atoms with Crippen LogP contribution in [0.15, 0.2) is 36.4 Å². The normalized spacial score (nSPS) is 15.6. The third kappa shape index (κ3) is 38.8. The standard InChI is InChI=1S/C86H138N12O20/c1-83(2,3)115-79(105)89-39-23-19-27-47-111-69-55-71(113-49-29-21-25-41-91-81(107)117-85(7,8)9)65(52-63(69)73(99)87-43-45-97(13)14)77(103)95-59-35-31-57(32-36-59)93-75(101)61-51-62(68(110-18)54-67(61)109-17)76(102)94-58-33-37-60(38-34-58)96-78(104)66-53-64(74(100)88-44-46-98(15)16)70(112-48-28-20-24-40-90-80(106)116-84(4,5)6)56-72(66)114-50-30-22-26-42-92-82(108)118-86(10,11)12/h51-60H,19-50H2,1-18H3,(H,87,99)(H,88,100)(H,89,105)(H,90,106)(H,91,107)(H,92,108)(H,93,101)(H,94,102)(H,95,103)(H,96,104). The van der Waals surface area contributed by atoms with Crippen molar-refractivity contribution in [2.24, 2.45) is 0 Å². The van der Waals surface area contributed by atoms with Crippen molar-refractivity contribution in [1.29, 1.82) is 0 Å². The van der Waals surface area contributed by atoms with E-state index in [1.807, 2.05) is 38.0 Å². The van der Waals surface area contributed by atoms with E-state index < -0.39 is 82.2 Å². The highest BCUT2D eigenvalue weighted by atomic mass is 16.6. The van der Waals surface area contributed by atoms with Gasteiger partial charge in [-0.1, -0.05) is 0 Å². The van der Waals surface area contributed by atoms with Crippen molar-refractivity contribution in [3.8, 4) is 34.5 Å². The van der Waals surface area contributed by atoms with Gasteiger partial charge in [0.05, 0.1) is 74.0 Å². The molecule has 0 aromatic heterocycles. The van der Waals surface area contributed by atoms with Gasteiger partial charge in [0, 0.05) is 94.7 Å². The van der Waals surface area contributed by atoms with Gasteiger partial charge in [0.15, 0.2) is 0 Å². The molecule has 10 N–H and O–H groups in total. The highest BCUT2D eigenvalue weighted by molar-refractivity contribution is 6.05. The van der Waals surface area contributed by atoms with Crippen molar-refractivity contribution in [3.63, 3.8) is 0 Å². The zero-order chi connectivity index (χ0) is 87.2. The summed E-state index contributed by atoms with van der Waals surface area (Å²) in [6, 6.07) is 7.82. The van der Waals surface area contributed by atoms with Crippen molar-refractivity contribution in [2.75, 3.05) is 121 Å². The first-order valence-electron chi connectivity index (χ1n) is 41.8. The Balaban J connectivity index is 1.26. The largest absolute Gasteiger partial charge is 0.496 e. The van der Waals surface area contributed by atoms with Gasteiger partial charge in [0.1, 0.15) is 56.9 Å². The molecule has 3 aromatic rings. The molecule has 0 radical (unpaired) electrons. The van der Waals surface area contributed by atoms with Crippen LogP contribution in [0.5, 0.6) is 34.5 Å². The number of amides is 10. The minimum Gasteiger partial charge on any atom is -0.496 e. The van der Waals surface area contributed by atoms with Gasteiger partial charge >= 0.3 is 24.4 Å². The fourth-order valence-electron chi connectivity index (χ4n) is 12.7. The van der Waals surface area contributed by atoms with Gasteiger partial charge in [-0.05, 0) is 258 Å². The molecule has 2 saturated carbocycles. The van der Waals surface area contributed by atoms with E-state index in [1.165, 1.54) is 38.5 Å². The maximum Gasteiger partial charge on any atom is 0.407 e. The Kier molecular flexibility index (Phi) is 41.6. The summed E-state index contributed by atoms with van der Waals surface area (Å²) in [5.74, 6) is -1.54. The molecule has 0 atom stereocenters. The molecule has 0 spiro atoms. The van der Waals surface area contributed by atoms with Gasteiger partial charge in [0.25, 0.3) is 35.4 Å². The molecule has 0 unspecified atom stereocenters. The second-order valence-electron chi connectivity index (χ2n) is 34.4. The molecule has 0 aliphatic heterocycles. The summed E-state index contributed by atoms with van der Waals surface area (Å²) < 4.78 is 58.2. The number of hydrogen-bond donors (Lipinski definition) is 10. The van der Waals surface area contributed by atoms with Crippen molar-refractivity contribution in [1.82, 2.24) is 63.0 Å². The van der Waals surface area contributed by atoms with Crippen molar-refractivity contribution < 1.29 is 95.3 Å². The zero-order valence-corrected chi connectivity index (χ0v) is 73.5. The highest BCUT2D eigenvalue weighted by Crippen LogP contribution is 2.35. The quantitative estimate of drug-likeness (QED) is 0.0185. The second-order valence-corrected chi connectivity index (χ2v) is 34.4. The van der Waals surface area contributed by atoms with Gasteiger partial charge in [0.2, 0.25) is 0 Å². The fourth-order valence-corrected chi connectivity index (χ4v) is 12.7. The summed E-state index contributed by atoms with van der Waals surface area (Å²) in [5.41, 5.74) is -1.76. The van der Waals surface area contributed by atoms with Crippen molar-refractivity contribution >= 4 is 59.8 Å². The van der Waals surface area contributed by atoms with E-state index in [2.05, 4.69) is 53.2 Å². The summed E-state index contributed by atoms with van der Waals surface area (Å²) in [4.78, 5) is 139. The van der Waals surface area contributed by atoms with Crippen LogP contribution in [-0.2, 0) is 18.9 Å². The third-order valence-electron chi connectivity index (χ3n) is 18.6. The van der Waals surface area contributed by atoms with Crippen LogP contribution < -0.4 is 81.6 Å². The number of unbranched alkanes of at least 4 members (excludes halogenated alkanes) is 8. The Hall–Kier alpha value is -9.72. The van der Waals surface area contributed by atoms with Crippen LogP contribution in [-0.4, -0.2) is 237 Å². The van der Waals surface area contributed by atoms with Gasteiger partial charge < -0.3 is 110 Å². The Labute approximate surface area is 698 Å². The molecule has 118 heavy (non-hydrogen) atoms. The molecule has 2 fully saturated rings. The lowest BCUT2D eigenvalue weighted by Gasteiger charge is -2.30. The number of ether oxygens (including phenoxy) is 10. The number of rotatable bonds is 46.